The van der Waals surface area contributed by atoms with Crippen LogP contribution in [0.1, 0.15) is 17.7 Å². The minimum absolute atomic E-state index is 0.0500. The molecule has 2 heterocycles. The monoisotopic (exact) mass is 380 g/mol. The van der Waals surface area contributed by atoms with E-state index in [1.54, 1.807) is 23.4 Å². The third-order valence-corrected chi connectivity index (χ3v) is 5.03. The molecule has 0 N–H and O–H groups in total. The normalized spacial score (nSPS) is 10.5. The molecule has 0 bridgehead atoms. The number of amides is 1. The predicted molar refractivity (Wildman–Crippen MR) is 103 cm³/mol. The molecule has 0 spiro atoms. The first-order valence-electron chi connectivity index (χ1n) is 8.58. The summed E-state index contributed by atoms with van der Waals surface area (Å²) in [5, 5.41) is 9.62. The first-order valence-corrected chi connectivity index (χ1v) is 9.57. The lowest BCUT2D eigenvalue weighted by atomic mass is 10.2. The van der Waals surface area contributed by atoms with Crippen molar-refractivity contribution in [3.05, 3.63) is 66.4 Å². The minimum Gasteiger partial charge on any atom is -0.467 e. The van der Waals surface area contributed by atoms with Crippen LogP contribution in [0.2, 0.25) is 0 Å². The molecule has 0 unspecified atom stereocenters. The van der Waals surface area contributed by atoms with Crippen molar-refractivity contribution in [1.29, 1.82) is 5.26 Å². The average Bonchev–Trinajstić information content (AvgIpc) is 3.35. The van der Waals surface area contributed by atoms with E-state index in [9.17, 15) is 4.79 Å². The zero-order valence-electron chi connectivity index (χ0n) is 15.0. The Labute approximate surface area is 162 Å². The van der Waals surface area contributed by atoms with Gasteiger partial charge in [0.05, 0.1) is 36.7 Å². The van der Waals surface area contributed by atoms with Gasteiger partial charge in [-0.25, -0.2) is 4.98 Å². The van der Waals surface area contributed by atoms with E-state index in [0.29, 0.717) is 18.8 Å². The van der Waals surface area contributed by atoms with Crippen molar-refractivity contribution in [2.24, 2.45) is 0 Å². The van der Waals surface area contributed by atoms with E-state index in [2.05, 4.69) is 11.1 Å². The lowest BCUT2D eigenvalue weighted by molar-refractivity contribution is -0.129. The van der Waals surface area contributed by atoms with Gasteiger partial charge < -0.3 is 9.32 Å². The van der Waals surface area contributed by atoms with Gasteiger partial charge in [-0.15, -0.1) is 0 Å². The molecular weight excluding hydrogens is 360 g/mol. The second-order valence-corrected chi connectivity index (χ2v) is 6.90. The Hall–Kier alpha value is -2.98. The molecule has 3 rings (SSSR count). The van der Waals surface area contributed by atoms with Gasteiger partial charge >= 0.3 is 0 Å². The molecule has 3 aromatic rings. The van der Waals surface area contributed by atoms with Gasteiger partial charge in [0.2, 0.25) is 5.91 Å². The molecule has 1 amide bonds. The van der Waals surface area contributed by atoms with E-state index >= 15 is 0 Å². The second-order valence-electron chi connectivity index (χ2n) is 5.96. The fraction of sp³-hybridized carbons (Fsp3) is 0.250. The Balaban J connectivity index is 1.68. The number of aryl methyl sites for hydroxylation is 1. The molecule has 0 aliphatic heterocycles. The van der Waals surface area contributed by atoms with Crippen LogP contribution in [0.3, 0.4) is 0 Å². The number of hydrogen-bond donors (Lipinski definition) is 0. The van der Waals surface area contributed by atoms with Crippen LogP contribution in [0.25, 0.3) is 5.69 Å². The van der Waals surface area contributed by atoms with Crippen LogP contribution in [0.5, 0.6) is 0 Å². The SMILES string of the molecule is Cc1ccccc1-n1ccnc1SCC(=O)N(CCC#N)Cc1ccco1. The molecule has 0 fully saturated rings. The zero-order valence-corrected chi connectivity index (χ0v) is 15.9. The van der Waals surface area contributed by atoms with Gasteiger partial charge in [-0.2, -0.15) is 5.26 Å². The summed E-state index contributed by atoms with van der Waals surface area (Å²) in [7, 11) is 0. The molecule has 27 heavy (non-hydrogen) atoms. The number of imidazole rings is 1. The molecule has 7 heteroatoms. The lowest BCUT2D eigenvalue weighted by Crippen LogP contribution is -2.32. The summed E-state index contributed by atoms with van der Waals surface area (Å²) in [6.45, 7) is 2.78. The van der Waals surface area contributed by atoms with Crippen LogP contribution >= 0.6 is 11.8 Å². The number of hydrogen-bond acceptors (Lipinski definition) is 5. The second kappa shape index (κ2) is 9.10. The highest BCUT2D eigenvalue weighted by Gasteiger charge is 2.17. The summed E-state index contributed by atoms with van der Waals surface area (Å²) in [4.78, 5) is 18.7. The van der Waals surface area contributed by atoms with Crippen LogP contribution in [0, 0.1) is 18.3 Å². The first-order chi connectivity index (χ1) is 13.2. The molecule has 0 radical (unpaired) electrons. The van der Waals surface area contributed by atoms with Crippen molar-refractivity contribution in [3.63, 3.8) is 0 Å². The highest BCUT2D eigenvalue weighted by Crippen LogP contribution is 2.23. The number of carbonyl (C=O) groups is 1. The molecule has 1 aromatic carbocycles. The van der Waals surface area contributed by atoms with Crippen molar-refractivity contribution in [1.82, 2.24) is 14.5 Å². The summed E-state index contributed by atoms with van der Waals surface area (Å²) >= 11 is 1.39. The van der Waals surface area contributed by atoms with Gasteiger partial charge in [0.15, 0.2) is 5.16 Å². The summed E-state index contributed by atoms with van der Waals surface area (Å²) < 4.78 is 7.32. The fourth-order valence-corrected chi connectivity index (χ4v) is 3.57. The minimum atomic E-state index is -0.0500. The van der Waals surface area contributed by atoms with Gasteiger partial charge in [0.25, 0.3) is 0 Å². The van der Waals surface area contributed by atoms with Crippen LogP contribution in [0.4, 0.5) is 0 Å². The Morgan fingerprint density at radius 2 is 2.19 bits per heavy atom. The van der Waals surface area contributed by atoms with Gasteiger partial charge in [-0.05, 0) is 30.7 Å². The Kier molecular flexibility index (Phi) is 6.34. The number of nitrogens with zero attached hydrogens (tertiary/aromatic N) is 4. The molecule has 0 atom stereocenters. The van der Waals surface area contributed by atoms with Gasteiger partial charge in [0.1, 0.15) is 5.76 Å². The van der Waals surface area contributed by atoms with E-state index in [1.807, 2.05) is 48.0 Å². The highest BCUT2D eigenvalue weighted by atomic mass is 32.2. The number of carbonyl (C=O) groups excluding carboxylic acids is 1. The van der Waals surface area contributed by atoms with E-state index in [-0.39, 0.29) is 18.1 Å². The number of para-hydroxylation sites is 1. The third kappa shape index (κ3) is 4.80. The van der Waals surface area contributed by atoms with Crippen LogP contribution in [0.15, 0.2) is 64.6 Å². The smallest absolute Gasteiger partial charge is 0.233 e. The lowest BCUT2D eigenvalue weighted by Gasteiger charge is -2.20. The van der Waals surface area contributed by atoms with Crippen molar-refractivity contribution in [2.45, 2.75) is 25.0 Å². The number of rotatable bonds is 8. The Bertz CT molecular complexity index is 928. The maximum absolute atomic E-state index is 12.7. The molecule has 0 aliphatic carbocycles. The van der Waals surface area contributed by atoms with Gasteiger partial charge in [0, 0.05) is 18.9 Å². The number of nitriles is 1. The van der Waals surface area contributed by atoms with Crippen molar-refractivity contribution >= 4 is 17.7 Å². The predicted octanol–water partition coefficient (Wildman–Crippen LogP) is 3.81. The molecule has 138 valence electrons. The van der Waals surface area contributed by atoms with E-state index in [0.717, 1.165) is 16.4 Å². The number of benzene rings is 1. The van der Waals surface area contributed by atoms with E-state index in [1.165, 1.54) is 11.8 Å². The number of furan rings is 1. The van der Waals surface area contributed by atoms with Crippen molar-refractivity contribution < 1.29 is 9.21 Å². The maximum Gasteiger partial charge on any atom is 0.233 e. The zero-order chi connectivity index (χ0) is 19.1. The summed E-state index contributed by atoms with van der Waals surface area (Å²) in [5.41, 5.74) is 2.18. The Morgan fingerprint density at radius 3 is 2.93 bits per heavy atom. The molecular formula is C20H20N4O2S. The van der Waals surface area contributed by atoms with Gasteiger partial charge in [-0.3, -0.25) is 9.36 Å². The molecule has 6 nitrogen and oxygen atoms in total. The molecule has 0 saturated heterocycles. The largest absolute Gasteiger partial charge is 0.467 e. The van der Waals surface area contributed by atoms with Crippen LogP contribution in [-0.2, 0) is 11.3 Å². The van der Waals surface area contributed by atoms with Crippen molar-refractivity contribution in [3.8, 4) is 11.8 Å². The maximum atomic E-state index is 12.7. The molecule has 0 aliphatic rings. The third-order valence-electron chi connectivity index (χ3n) is 4.08. The average molecular weight is 380 g/mol. The van der Waals surface area contributed by atoms with Crippen molar-refractivity contribution in [2.75, 3.05) is 12.3 Å². The van der Waals surface area contributed by atoms with E-state index in [4.69, 9.17) is 9.68 Å². The summed E-state index contributed by atoms with van der Waals surface area (Å²) in [5.74, 6) is 0.897. The van der Waals surface area contributed by atoms with Gasteiger partial charge in [-0.1, -0.05) is 30.0 Å². The van der Waals surface area contributed by atoms with E-state index < -0.39 is 0 Å². The number of aromatic nitrogens is 2. The fourth-order valence-electron chi connectivity index (χ4n) is 2.70. The van der Waals surface area contributed by atoms with Crippen LogP contribution < -0.4 is 0 Å². The quantitative estimate of drug-likeness (QED) is 0.556. The Morgan fingerprint density at radius 1 is 1.33 bits per heavy atom. The number of thioether (sulfide) groups is 1. The van der Waals surface area contributed by atoms with Crippen LogP contribution in [-0.4, -0.2) is 32.7 Å². The standard InChI is InChI=1S/C20H20N4O2S/c1-16-6-2-3-8-18(16)24-12-10-22-20(24)27-15-19(25)23(11-5-9-21)14-17-7-4-13-26-17/h2-4,6-8,10,12-13H,5,11,14-15H2,1H3. The highest BCUT2D eigenvalue weighted by molar-refractivity contribution is 7.99. The molecule has 2 aromatic heterocycles. The first kappa shape index (κ1) is 18.8. The molecule has 0 saturated carbocycles. The summed E-state index contributed by atoms with van der Waals surface area (Å²) in [6, 6.07) is 13.7. The topological polar surface area (TPSA) is 75.1 Å². The summed E-state index contributed by atoms with van der Waals surface area (Å²) in [6.07, 6.45) is 5.49.